The summed E-state index contributed by atoms with van der Waals surface area (Å²) in [4.78, 5) is 12.5. The van der Waals surface area contributed by atoms with Gasteiger partial charge in [0.15, 0.2) is 17.3 Å². The molecular formula is C15H9BrClFO3. The van der Waals surface area contributed by atoms with Gasteiger partial charge in [-0.25, -0.2) is 4.39 Å². The van der Waals surface area contributed by atoms with E-state index in [1.165, 1.54) is 12.1 Å². The molecule has 0 bridgehead atoms. The third-order valence-corrected chi connectivity index (χ3v) is 4.02. The van der Waals surface area contributed by atoms with E-state index in [4.69, 9.17) is 21.1 Å². The molecular weight excluding hydrogens is 363 g/mol. The maximum Gasteiger partial charge on any atom is 0.194 e. The van der Waals surface area contributed by atoms with Gasteiger partial charge < -0.3 is 9.47 Å². The molecule has 0 saturated heterocycles. The predicted octanol–water partition coefficient (Wildman–Crippen LogP) is 4.24. The Labute approximate surface area is 133 Å². The largest absolute Gasteiger partial charge is 0.486 e. The highest BCUT2D eigenvalue weighted by atomic mass is 79.9. The van der Waals surface area contributed by atoms with E-state index in [1.807, 2.05) is 0 Å². The van der Waals surface area contributed by atoms with E-state index in [0.717, 1.165) is 6.07 Å². The molecule has 3 nitrogen and oxygen atoms in total. The van der Waals surface area contributed by atoms with Crippen molar-refractivity contribution in [1.82, 2.24) is 0 Å². The van der Waals surface area contributed by atoms with Crippen LogP contribution in [0.15, 0.2) is 34.8 Å². The van der Waals surface area contributed by atoms with Gasteiger partial charge in [0, 0.05) is 15.6 Å². The zero-order valence-corrected chi connectivity index (χ0v) is 13.0. The molecule has 1 aliphatic heterocycles. The third-order valence-electron chi connectivity index (χ3n) is 3.06. The molecule has 0 unspecified atom stereocenters. The first-order valence-electron chi connectivity index (χ1n) is 6.15. The number of carbonyl (C=O) groups is 1. The van der Waals surface area contributed by atoms with Gasteiger partial charge in [0.25, 0.3) is 0 Å². The Balaban J connectivity index is 2.03. The Kier molecular flexibility index (Phi) is 3.87. The van der Waals surface area contributed by atoms with Gasteiger partial charge in [0.1, 0.15) is 19.0 Å². The summed E-state index contributed by atoms with van der Waals surface area (Å²) in [5.74, 6) is 0.125. The van der Waals surface area contributed by atoms with Crippen LogP contribution < -0.4 is 9.47 Å². The summed E-state index contributed by atoms with van der Waals surface area (Å²) < 4.78 is 24.9. The zero-order valence-electron chi connectivity index (χ0n) is 10.7. The molecule has 1 aliphatic rings. The number of rotatable bonds is 2. The number of ketones is 1. The monoisotopic (exact) mass is 370 g/mol. The lowest BCUT2D eigenvalue weighted by Gasteiger charge is -2.19. The van der Waals surface area contributed by atoms with Crippen LogP contribution in [0.25, 0.3) is 0 Å². The highest BCUT2D eigenvalue weighted by molar-refractivity contribution is 9.10. The zero-order chi connectivity index (χ0) is 15.0. The van der Waals surface area contributed by atoms with Crippen LogP contribution in [-0.4, -0.2) is 19.0 Å². The first-order chi connectivity index (χ1) is 10.1. The molecule has 3 rings (SSSR count). The van der Waals surface area contributed by atoms with Gasteiger partial charge in [-0.3, -0.25) is 4.79 Å². The summed E-state index contributed by atoms with van der Waals surface area (Å²) in [6, 6.07) is 7.22. The molecule has 2 aromatic carbocycles. The minimum absolute atomic E-state index is 0.0206. The lowest BCUT2D eigenvalue weighted by atomic mass is 10.0. The molecule has 0 aromatic heterocycles. The number of fused-ring (bicyclic) bond motifs is 1. The summed E-state index contributed by atoms with van der Waals surface area (Å²) in [6.07, 6.45) is 0. The maximum atomic E-state index is 13.5. The summed E-state index contributed by atoms with van der Waals surface area (Å²) >= 11 is 8.96. The smallest absolute Gasteiger partial charge is 0.194 e. The molecule has 21 heavy (non-hydrogen) atoms. The second-order valence-corrected chi connectivity index (χ2v) is 5.70. The van der Waals surface area contributed by atoms with Crippen LogP contribution >= 0.6 is 27.5 Å². The minimum Gasteiger partial charge on any atom is -0.486 e. The van der Waals surface area contributed by atoms with E-state index in [-0.39, 0.29) is 16.4 Å². The highest BCUT2D eigenvalue weighted by Crippen LogP contribution is 2.36. The van der Waals surface area contributed by atoms with Crippen LogP contribution in [0.1, 0.15) is 15.9 Å². The molecule has 1 heterocycles. The van der Waals surface area contributed by atoms with Gasteiger partial charge in [0.2, 0.25) is 0 Å². The van der Waals surface area contributed by atoms with Crippen LogP contribution in [0.4, 0.5) is 4.39 Å². The van der Waals surface area contributed by atoms with Crippen molar-refractivity contribution in [3.63, 3.8) is 0 Å². The molecule has 0 fully saturated rings. The van der Waals surface area contributed by atoms with Gasteiger partial charge in [-0.1, -0.05) is 11.6 Å². The third kappa shape index (κ3) is 2.76. The summed E-state index contributed by atoms with van der Waals surface area (Å²) in [5.41, 5.74) is 0.593. The number of hydrogen-bond acceptors (Lipinski definition) is 3. The number of hydrogen-bond donors (Lipinski definition) is 0. The molecule has 6 heteroatoms. The van der Waals surface area contributed by atoms with Gasteiger partial charge in [-0.2, -0.15) is 0 Å². The molecule has 0 amide bonds. The van der Waals surface area contributed by atoms with Crippen LogP contribution in [0.5, 0.6) is 11.5 Å². The molecule has 0 N–H and O–H groups in total. The normalized spacial score (nSPS) is 13.1. The van der Waals surface area contributed by atoms with Crippen molar-refractivity contribution in [2.24, 2.45) is 0 Å². The predicted molar refractivity (Wildman–Crippen MR) is 80.0 cm³/mol. The number of ether oxygens (including phenoxy) is 2. The van der Waals surface area contributed by atoms with Gasteiger partial charge in [-0.15, -0.1) is 0 Å². The molecule has 0 radical (unpaired) electrons. The Bertz CT molecular complexity index is 733. The van der Waals surface area contributed by atoms with Crippen molar-refractivity contribution >= 4 is 33.3 Å². The average molecular weight is 372 g/mol. The second kappa shape index (κ2) is 5.66. The van der Waals surface area contributed by atoms with E-state index in [2.05, 4.69) is 15.9 Å². The molecule has 0 spiro atoms. The van der Waals surface area contributed by atoms with Crippen molar-refractivity contribution < 1.29 is 18.7 Å². The summed E-state index contributed by atoms with van der Waals surface area (Å²) in [7, 11) is 0. The van der Waals surface area contributed by atoms with E-state index < -0.39 is 5.82 Å². The first-order valence-corrected chi connectivity index (χ1v) is 7.32. The van der Waals surface area contributed by atoms with Crippen molar-refractivity contribution in [2.75, 3.05) is 13.2 Å². The fourth-order valence-corrected chi connectivity index (χ4v) is 2.65. The minimum atomic E-state index is -0.629. The topological polar surface area (TPSA) is 35.5 Å². The van der Waals surface area contributed by atoms with Crippen LogP contribution in [0.2, 0.25) is 5.02 Å². The van der Waals surface area contributed by atoms with Gasteiger partial charge >= 0.3 is 0 Å². The Morgan fingerprint density at radius 3 is 2.48 bits per heavy atom. The Morgan fingerprint density at radius 2 is 1.81 bits per heavy atom. The molecule has 108 valence electrons. The fraction of sp³-hybridized carbons (Fsp3) is 0.133. The number of halogens is 3. The highest BCUT2D eigenvalue weighted by Gasteiger charge is 2.20. The Morgan fingerprint density at radius 1 is 1.14 bits per heavy atom. The Hall–Kier alpha value is -1.59. The molecule has 0 aliphatic carbocycles. The lowest BCUT2D eigenvalue weighted by molar-refractivity contribution is 0.103. The van der Waals surface area contributed by atoms with Crippen molar-refractivity contribution in [3.8, 4) is 11.5 Å². The van der Waals surface area contributed by atoms with E-state index in [0.29, 0.717) is 34.7 Å². The van der Waals surface area contributed by atoms with Crippen LogP contribution in [0.3, 0.4) is 0 Å². The molecule has 2 aromatic rings. The van der Waals surface area contributed by atoms with E-state index in [9.17, 15) is 9.18 Å². The summed E-state index contributed by atoms with van der Waals surface area (Å²) in [5, 5.41) is -0.0206. The van der Waals surface area contributed by atoms with Crippen molar-refractivity contribution in [2.45, 2.75) is 0 Å². The fourth-order valence-electron chi connectivity index (χ4n) is 2.03. The number of benzene rings is 2. The number of carbonyl (C=O) groups excluding carboxylic acids is 1. The first kappa shape index (κ1) is 14.4. The van der Waals surface area contributed by atoms with Gasteiger partial charge in [-0.05, 0) is 46.3 Å². The standard InChI is InChI=1S/C15H9BrClFO3/c16-10-7-14-13(20-3-4-21-14)6-9(10)15(19)8-1-2-11(17)12(18)5-8/h1-2,5-7H,3-4H2. The quantitative estimate of drug-likeness (QED) is 0.741. The van der Waals surface area contributed by atoms with E-state index in [1.54, 1.807) is 12.1 Å². The van der Waals surface area contributed by atoms with E-state index >= 15 is 0 Å². The average Bonchev–Trinajstić information content (AvgIpc) is 2.48. The lowest BCUT2D eigenvalue weighted by Crippen LogP contribution is -2.16. The van der Waals surface area contributed by atoms with Crippen LogP contribution in [-0.2, 0) is 0 Å². The van der Waals surface area contributed by atoms with Crippen LogP contribution in [0, 0.1) is 5.82 Å². The SMILES string of the molecule is O=C(c1ccc(Cl)c(F)c1)c1cc2c(cc1Br)OCCO2. The van der Waals surface area contributed by atoms with Gasteiger partial charge in [0.05, 0.1) is 5.02 Å². The molecule has 0 atom stereocenters. The molecule has 0 saturated carbocycles. The summed E-state index contributed by atoms with van der Waals surface area (Å²) in [6.45, 7) is 0.896. The second-order valence-electron chi connectivity index (χ2n) is 4.43. The van der Waals surface area contributed by atoms with Crippen molar-refractivity contribution in [3.05, 3.63) is 56.8 Å². The maximum absolute atomic E-state index is 13.5. The van der Waals surface area contributed by atoms with Crippen molar-refractivity contribution in [1.29, 1.82) is 0 Å².